The number of amides is 1. The Morgan fingerprint density at radius 3 is 2.82 bits per heavy atom. The maximum absolute atomic E-state index is 11.8. The Bertz CT molecular complexity index is 676. The first-order valence-corrected chi connectivity index (χ1v) is 7.12. The molecule has 0 saturated carbocycles. The van der Waals surface area contributed by atoms with Crippen LogP contribution in [0.25, 0.3) is 0 Å². The molecule has 0 aliphatic rings. The van der Waals surface area contributed by atoms with Crippen molar-refractivity contribution < 1.29 is 4.79 Å². The van der Waals surface area contributed by atoms with Gasteiger partial charge in [-0.3, -0.25) is 4.79 Å². The molecule has 0 spiro atoms. The van der Waals surface area contributed by atoms with E-state index < -0.39 is 0 Å². The SMILES string of the molecule is CCCCNC(=O)c1ccc(Nc2cccc(C#N)c2)nn1. The van der Waals surface area contributed by atoms with E-state index in [1.807, 2.05) is 6.07 Å². The number of carbonyl (C=O) groups excluding carboxylic acids is 1. The van der Waals surface area contributed by atoms with E-state index in [2.05, 4.69) is 33.8 Å². The normalized spacial score (nSPS) is 9.82. The van der Waals surface area contributed by atoms with E-state index in [-0.39, 0.29) is 11.6 Å². The second kappa shape index (κ2) is 7.74. The van der Waals surface area contributed by atoms with Gasteiger partial charge in [-0.2, -0.15) is 5.26 Å². The van der Waals surface area contributed by atoms with E-state index >= 15 is 0 Å². The first kappa shape index (κ1) is 15.4. The molecule has 1 heterocycles. The summed E-state index contributed by atoms with van der Waals surface area (Å²) in [6.45, 7) is 2.70. The van der Waals surface area contributed by atoms with Gasteiger partial charge in [0.05, 0.1) is 11.6 Å². The second-order valence-corrected chi connectivity index (χ2v) is 4.73. The van der Waals surface area contributed by atoms with Crippen molar-refractivity contribution in [2.24, 2.45) is 0 Å². The van der Waals surface area contributed by atoms with Crippen molar-refractivity contribution in [3.63, 3.8) is 0 Å². The predicted molar refractivity (Wildman–Crippen MR) is 83.7 cm³/mol. The lowest BCUT2D eigenvalue weighted by Gasteiger charge is -2.06. The average Bonchev–Trinajstić information content (AvgIpc) is 2.56. The molecule has 1 aromatic heterocycles. The Balaban J connectivity index is 1.99. The number of benzene rings is 1. The van der Waals surface area contributed by atoms with Gasteiger partial charge in [-0.1, -0.05) is 19.4 Å². The van der Waals surface area contributed by atoms with Crippen molar-refractivity contribution in [2.45, 2.75) is 19.8 Å². The summed E-state index contributed by atoms with van der Waals surface area (Å²) < 4.78 is 0. The molecule has 0 fully saturated rings. The zero-order chi connectivity index (χ0) is 15.8. The average molecular weight is 295 g/mol. The van der Waals surface area contributed by atoms with Gasteiger partial charge in [0.15, 0.2) is 11.5 Å². The van der Waals surface area contributed by atoms with Gasteiger partial charge in [-0.25, -0.2) is 0 Å². The van der Waals surface area contributed by atoms with Gasteiger partial charge in [0.25, 0.3) is 5.91 Å². The smallest absolute Gasteiger partial charge is 0.271 e. The fourth-order valence-electron chi connectivity index (χ4n) is 1.80. The lowest BCUT2D eigenvalue weighted by molar-refractivity contribution is 0.0947. The molecule has 2 rings (SSSR count). The van der Waals surface area contributed by atoms with Crippen molar-refractivity contribution in [3.05, 3.63) is 47.7 Å². The number of unbranched alkanes of at least 4 members (excludes halogenated alkanes) is 1. The number of aromatic nitrogens is 2. The molecule has 6 nitrogen and oxygen atoms in total. The van der Waals surface area contributed by atoms with E-state index in [0.29, 0.717) is 17.9 Å². The summed E-state index contributed by atoms with van der Waals surface area (Å²) in [5.74, 6) is 0.291. The minimum Gasteiger partial charge on any atom is -0.351 e. The Morgan fingerprint density at radius 2 is 2.14 bits per heavy atom. The van der Waals surface area contributed by atoms with Crippen LogP contribution in [0.1, 0.15) is 35.8 Å². The van der Waals surface area contributed by atoms with Crippen molar-refractivity contribution in [1.29, 1.82) is 5.26 Å². The molecule has 2 N–H and O–H groups in total. The molecule has 1 amide bonds. The third kappa shape index (κ3) is 4.28. The zero-order valence-electron chi connectivity index (χ0n) is 12.3. The highest BCUT2D eigenvalue weighted by molar-refractivity contribution is 5.92. The van der Waals surface area contributed by atoms with Crippen LogP contribution in [0.4, 0.5) is 11.5 Å². The summed E-state index contributed by atoms with van der Waals surface area (Å²) >= 11 is 0. The molecular weight excluding hydrogens is 278 g/mol. The summed E-state index contributed by atoms with van der Waals surface area (Å²) in [6, 6.07) is 12.4. The molecule has 1 aromatic carbocycles. The summed E-state index contributed by atoms with van der Waals surface area (Å²) in [5, 5.41) is 22.6. The number of nitrogens with zero attached hydrogens (tertiary/aromatic N) is 3. The largest absolute Gasteiger partial charge is 0.351 e. The lowest BCUT2D eigenvalue weighted by Crippen LogP contribution is -2.25. The molecule has 0 bridgehead atoms. The van der Waals surface area contributed by atoms with Crippen molar-refractivity contribution in [3.8, 4) is 6.07 Å². The molecule has 0 atom stereocenters. The van der Waals surface area contributed by atoms with E-state index in [0.717, 1.165) is 18.5 Å². The van der Waals surface area contributed by atoms with Crippen LogP contribution in [0, 0.1) is 11.3 Å². The number of carbonyl (C=O) groups is 1. The van der Waals surface area contributed by atoms with Gasteiger partial charge in [0.1, 0.15) is 0 Å². The molecule has 0 saturated heterocycles. The minimum atomic E-state index is -0.223. The quantitative estimate of drug-likeness (QED) is 0.799. The van der Waals surface area contributed by atoms with Crippen LogP contribution < -0.4 is 10.6 Å². The van der Waals surface area contributed by atoms with Gasteiger partial charge in [-0.05, 0) is 36.8 Å². The molecule has 0 radical (unpaired) electrons. The van der Waals surface area contributed by atoms with Gasteiger partial charge < -0.3 is 10.6 Å². The van der Waals surface area contributed by atoms with Gasteiger partial charge >= 0.3 is 0 Å². The fraction of sp³-hybridized carbons (Fsp3) is 0.250. The van der Waals surface area contributed by atoms with Crippen LogP contribution in [-0.2, 0) is 0 Å². The van der Waals surface area contributed by atoms with Crippen molar-refractivity contribution in [1.82, 2.24) is 15.5 Å². The molecule has 6 heteroatoms. The maximum atomic E-state index is 11.8. The van der Waals surface area contributed by atoms with Crippen LogP contribution in [-0.4, -0.2) is 22.6 Å². The Labute approximate surface area is 129 Å². The number of hydrogen-bond donors (Lipinski definition) is 2. The highest BCUT2D eigenvalue weighted by Crippen LogP contribution is 2.15. The summed E-state index contributed by atoms with van der Waals surface area (Å²) in [5.41, 5.74) is 1.59. The van der Waals surface area contributed by atoms with Crippen LogP contribution >= 0.6 is 0 Å². The summed E-state index contributed by atoms with van der Waals surface area (Å²) in [4.78, 5) is 11.8. The van der Waals surface area contributed by atoms with Crippen LogP contribution in [0.3, 0.4) is 0 Å². The summed E-state index contributed by atoms with van der Waals surface area (Å²) in [7, 11) is 0. The minimum absolute atomic E-state index is 0.223. The summed E-state index contributed by atoms with van der Waals surface area (Å²) in [6.07, 6.45) is 1.96. The molecule has 2 aromatic rings. The van der Waals surface area contributed by atoms with E-state index in [4.69, 9.17) is 5.26 Å². The fourth-order valence-corrected chi connectivity index (χ4v) is 1.80. The Hall–Kier alpha value is -2.94. The van der Waals surface area contributed by atoms with Crippen molar-refractivity contribution in [2.75, 3.05) is 11.9 Å². The number of hydrogen-bond acceptors (Lipinski definition) is 5. The highest BCUT2D eigenvalue weighted by atomic mass is 16.1. The Morgan fingerprint density at radius 1 is 1.27 bits per heavy atom. The monoisotopic (exact) mass is 295 g/mol. The van der Waals surface area contributed by atoms with E-state index in [9.17, 15) is 4.79 Å². The Kier molecular flexibility index (Phi) is 5.44. The second-order valence-electron chi connectivity index (χ2n) is 4.73. The third-order valence-electron chi connectivity index (χ3n) is 2.98. The standard InChI is InChI=1S/C16H17N5O/c1-2-3-9-18-16(22)14-7-8-15(21-20-14)19-13-6-4-5-12(10-13)11-17/h4-8,10H,2-3,9H2,1H3,(H,18,22)(H,19,21). The topological polar surface area (TPSA) is 90.7 Å². The van der Waals surface area contributed by atoms with Gasteiger partial charge in [-0.15, -0.1) is 10.2 Å². The molecule has 112 valence electrons. The lowest BCUT2D eigenvalue weighted by atomic mass is 10.2. The van der Waals surface area contributed by atoms with Crippen molar-refractivity contribution >= 4 is 17.4 Å². The first-order valence-electron chi connectivity index (χ1n) is 7.12. The van der Waals surface area contributed by atoms with E-state index in [1.165, 1.54) is 0 Å². The van der Waals surface area contributed by atoms with Gasteiger partial charge in [0, 0.05) is 12.2 Å². The predicted octanol–water partition coefficient (Wildman–Crippen LogP) is 2.62. The van der Waals surface area contributed by atoms with Crippen LogP contribution in [0.2, 0.25) is 0 Å². The number of nitrogens with one attached hydrogen (secondary N) is 2. The van der Waals surface area contributed by atoms with Gasteiger partial charge in [0.2, 0.25) is 0 Å². The third-order valence-corrected chi connectivity index (χ3v) is 2.98. The number of nitriles is 1. The molecule has 0 aliphatic carbocycles. The number of anilines is 2. The molecule has 0 unspecified atom stereocenters. The van der Waals surface area contributed by atoms with E-state index in [1.54, 1.807) is 30.3 Å². The maximum Gasteiger partial charge on any atom is 0.271 e. The van der Waals surface area contributed by atoms with Crippen LogP contribution in [0.5, 0.6) is 0 Å². The highest BCUT2D eigenvalue weighted by Gasteiger charge is 2.07. The molecule has 22 heavy (non-hydrogen) atoms. The van der Waals surface area contributed by atoms with Crippen LogP contribution in [0.15, 0.2) is 36.4 Å². The zero-order valence-corrected chi connectivity index (χ0v) is 12.3. The molecule has 0 aliphatic heterocycles. The number of rotatable bonds is 6. The first-order chi connectivity index (χ1) is 10.7. The molecular formula is C16H17N5O.